The van der Waals surface area contributed by atoms with Crippen molar-refractivity contribution in [2.45, 2.75) is 0 Å². The first-order valence-electron chi connectivity index (χ1n) is 5.85. The summed E-state index contributed by atoms with van der Waals surface area (Å²) in [5, 5.41) is 2.28. The summed E-state index contributed by atoms with van der Waals surface area (Å²) in [5.41, 5.74) is 1.76. The lowest BCUT2D eigenvalue weighted by Gasteiger charge is -1.95. The van der Waals surface area contributed by atoms with E-state index < -0.39 is 0 Å². The molecule has 0 spiro atoms. The number of oxazole rings is 1. The van der Waals surface area contributed by atoms with Gasteiger partial charge in [-0.05, 0) is 39.5 Å². The number of benzene rings is 2. The van der Waals surface area contributed by atoms with Crippen molar-refractivity contribution < 1.29 is 4.42 Å². The first-order valence-corrected chi connectivity index (χ1v) is 7.46. The Labute approximate surface area is 121 Å². The summed E-state index contributed by atoms with van der Waals surface area (Å²) in [5.74, 6) is 0.682. The molecule has 0 fully saturated rings. The van der Waals surface area contributed by atoms with Crippen LogP contribution in [0.2, 0.25) is 0 Å². The van der Waals surface area contributed by atoms with Crippen LogP contribution in [0.15, 0.2) is 56.7 Å². The second kappa shape index (κ2) is 4.18. The van der Waals surface area contributed by atoms with Gasteiger partial charge in [0, 0.05) is 5.39 Å². The third-order valence-corrected chi connectivity index (χ3v) is 4.68. The van der Waals surface area contributed by atoms with E-state index in [2.05, 4.69) is 39.1 Å². The fourth-order valence-electron chi connectivity index (χ4n) is 2.19. The van der Waals surface area contributed by atoms with Crippen molar-refractivity contribution in [3.63, 3.8) is 0 Å². The molecule has 0 radical (unpaired) electrons. The third kappa shape index (κ3) is 1.79. The Morgan fingerprint density at radius 3 is 2.74 bits per heavy atom. The molecule has 0 amide bonds. The van der Waals surface area contributed by atoms with Gasteiger partial charge in [0.1, 0.15) is 5.52 Å². The maximum absolute atomic E-state index is 5.96. The van der Waals surface area contributed by atoms with Crippen LogP contribution in [0.5, 0.6) is 0 Å². The molecule has 0 aliphatic heterocycles. The number of rotatable bonds is 1. The molecule has 4 aromatic rings. The van der Waals surface area contributed by atoms with Crippen molar-refractivity contribution in [1.29, 1.82) is 0 Å². The summed E-state index contributed by atoms with van der Waals surface area (Å²) in [7, 11) is 0. The Balaban J connectivity index is 2.03. The van der Waals surface area contributed by atoms with E-state index in [1.165, 1.54) is 5.39 Å². The predicted molar refractivity (Wildman–Crippen MR) is 82.5 cm³/mol. The van der Waals surface area contributed by atoms with Crippen LogP contribution in [0, 0.1) is 0 Å². The number of hydrogen-bond acceptors (Lipinski definition) is 3. The topological polar surface area (TPSA) is 26.0 Å². The van der Waals surface area contributed by atoms with Crippen LogP contribution in [0.25, 0.3) is 32.6 Å². The number of fused-ring (bicyclic) bond motifs is 3. The van der Waals surface area contributed by atoms with Crippen molar-refractivity contribution in [1.82, 2.24) is 4.98 Å². The van der Waals surface area contributed by atoms with E-state index in [4.69, 9.17) is 4.42 Å². The third-order valence-electron chi connectivity index (χ3n) is 3.06. The van der Waals surface area contributed by atoms with Gasteiger partial charge in [0.2, 0.25) is 5.89 Å². The van der Waals surface area contributed by atoms with E-state index in [9.17, 15) is 0 Å². The highest BCUT2D eigenvalue weighted by Gasteiger charge is 2.12. The Kier molecular flexibility index (Phi) is 2.47. The number of hydrogen-bond donors (Lipinski definition) is 0. The summed E-state index contributed by atoms with van der Waals surface area (Å²) in [4.78, 5) is 5.60. The second-order valence-electron chi connectivity index (χ2n) is 4.26. The largest absolute Gasteiger partial charge is 0.435 e. The second-order valence-corrected chi connectivity index (χ2v) is 6.72. The maximum atomic E-state index is 5.96. The average molecular weight is 330 g/mol. The molecule has 2 aromatic carbocycles. The Bertz CT molecular complexity index is 893. The summed E-state index contributed by atoms with van der Waals surface area (Å²) < 4.78 is 7.04. The molecule has 4 heteroatoms. The van der Waals surface area contributed by atoms with E-state index in [-0.39, 0.29) is 0 Å². The summed E-state index contributed by atoms with van der Waals surface area (Å²) >= 11 is 5.08. The van der Waals surface area contributed by atoms with Gasteiger partial charge < -0.3 is 4.42 Å². The molecule has 2 nitrogen and oxygen atoms in total. The molecule has 0 aliphatic carbocycles. The van der Waals surface area contributed by atoms with Crippen LogP contribution in [0.1, 0.15) is 0 Å². The van der Waals surface area contributed by atoms with E-state index >= 15 is 0 Å². The maximum Gasteiger partial charge on any atom is 0.237 e. The summed E-state index contributed by atoms with van der Waals surface area (Å²) in [6.45, 7) is 0. The molecule has 4 rings (SSSR count). The number of aromatic nitrogens is 1. The standard InChI is InChI=1S/C15H8BrNOS/c16-13-8-7-12(19-13)15-17-11-6-5-9-3-1-2-4-10(9)14(11)18-15/h1-8H. The lowest BCUT2D eigenvalue weighted by Crippen LogP contribution is -1.73. The van der Waals surface area contributed by atoms with Crippen LogP contribution < -0.4 is 0 Å². The van der Waals surface area contributed by atoms with Crippen LogP contribution in [-0.2, 0) is 0 Å². The highest BCUT2D eigenvalue weighted by Crippen LogP contribution is 2.34. The molecule has 2 aromatic heterocycles. The zero-order chi connectivity index (χ0) is 12.8. The first kappa shape index (κ1) is 11.2. The minimum absolute atomic E-state index is 0.682. The Morgan fingerprint density at radius 1 is 1.00 bits per heavy atom. The highest BCUT2D eigenvalue weighted by molar-refractivity contribution is 9.11. The van der Waals surface area contributed by atoms with E-state index in [0.717, 1.165) is 25.1 Å². The van der Waals surface area contributed by atoms with Gasteiger partial charge in [0.15, 0.2) is 5.58 Å². The zero-order valence-electron chi connectivity index (χ0n) is 9.76. The molecule has 0 aliphatic rings. The van der Waals surface area contributed by atoms with Crippen molar-refractivity contribution in [3.05, 3.63) is 52.3 Å². The van der Waals surface area contributed by atoms with Crippen molar-refractivity contribution in [2.24, 2.45) is 0 Å². The molecule has 0 atom stereocenters. The molecule has 0 unspecified atom stereocenters. The van der Waals surface area contributed by atoms with Crippen LogP contribution >= 0.6 is 27.3 Å². The van der Waals surface area contributed by atoms with Gasteiger partial charge in [-0.3, -0.25) is 0 Å². The van der Waals surface area contributed by atoms with Gasteiger partial charge in [-0.15, -0.1) is 11.3 Å². The summed E-state index contributed by atoms with van der Waals surface area (Å²) in [6, 6.07) is 16.3. The van der Waals surface area contributed by atoms with Gasteiger partial charge in [-0.25, -0.2) is 4.98 Å². The predicted octanol–water partition coefficient (Wildman–Crippen LogP) is 5.47. The van der Waals surface area contributed by atoms with E-state index in [1.807, 2.05) is 30.3 Å². The minimum atomic E-state index is 0.682. The first-order chi connectivity index (χ1) is 9.31. The van der Waals surface area contributed by atoms with Crippen LogP contribution in [0.4, 0.5) is 0 Å². The number of halogens is 1. The van der Waals surface area contributed by atoms with Gasteiger partial charge >= 0.3 is 0 Å². The van der Waals surface area contributed by atoms with Crippen LogP contribution in [0.3, 0.4) is 0 Å². The smallest absolute Gasteiger partial charge is 0.237 e. The monoisotopic (exact) mass is 329 g/mol. The Hall–Kier alpha value is -1.65. The number of nitrogens with zero attached hydrogens (tertiary/aromatic N) is 1. The van der Waals surface area contributed by atoms with Gasteiger partial charge in [-0.1, -0.05) is 30.3 Å². The summed E-state index contributed by atoms with van der Waals surface area (Å²) in [6.07, 6.45) is 0. The molecule has 0 saturated heterocycles. The molecule has 92 valence electrons. The van der Waals surface area contributed by atoms with E-state index in [0.29, 0.717) is 5.89 Å². The molecule has 0 N–H and O–H groups in total. The molecule has 2 heterocycles. The molecular formula is C15H8BrNOS. The Morgan fingerprint density at radius 2 is 1.89 bits per heavy atom. The highest BCUT2D eigenvalue weighted by atomic mass is 79.9. The fourth-order valence-corrected chi connectivity index (χ4v) is 3.50. The minimum Gasteiger partial charge on any atom is -0.435 e. The van der Waals surface area contributed by atoms with Gasteiger partial charge in [0.05, 0.1) is 8.66 Å². The van der Waals surface area contributed by atoms with Crippen molar-refractivity contribution >= 4 is 49.1 Å². The van der Waals surface area contributed by atoms with Gasteiger partial charge in [-0.2, -0.15) is 0 Å². The number of thiophene rings is 1. The van der Waals surface area contributed by atoms with Crippen LogP contribution in [-0.4, -0.2) is 4.98 Å². The zero-order valence-corrected chi connectivity index (χ0v) is 12.2. The lowest BCUT2D eigenvalue weighted by molar-refractivity contribution is 0.625. The molecule has 19 heavy (non-hydrogen) atoms. The molecule has 0 bridgehead atoms. The fraction of sp³-hybridized carbons (Fsp3) is 0. The average Bonchev–Trinajstić information content (AvgIpc) is 3.04. The van der Waals surface area contributed by atoms with Crippen molar-refractivity contribution in [3.8, 4) is 10.8 Å². The van der Waals surface area contributed by atoms with Gasteiger partial charge in [0.25, 0.3) is 0 Å². The quantitative estimate of drug-likeness (QED) is 0.462. The molecule has 0 saturated carbocycles. The normalized spacial score (nSPS) is 11.4. The SMILES string of the molecule is Brc1ccc(-c2nc3ccc4ccccc4c3o2)s1. The van der Waals surface area contributed by atoms with Crippen molar-refractivity contribution in [2.75, 3.05) is 0 Å². The van der Waals surface area contributed by atoms with E-state index in [1.54, 1.807) is 11.3 Å². The lowest BCUT2D eigenvalue weighted by atomic mass is 10.1. The molecular weight excluding hydrogens is 322 g/mol.